The van der Waals surface area contributed by atoms with E-state index in [1.165, 1.54) is 11.8 Å². The summed E-state index contributed by atoms with van der Waals surface area (Å²) in [5.41, 5.74) is 3.15. The summed E-state index contributed by atoms with van der Waals surface area (Å²) in [5, 5.41) is 10.9. The van der Waals surface area contributed by atoms with Gasteiger partial charge in [-0.3, -0.25) is 9.59 Å². The van der Waals surface area contributed by atoms with E-state index in [1.54, 1.807) is 31.2 Å². The minimum Gasteiger partial charge on any atom is -0.335 e. The van der Waals surface area contributed by atoms with Crippen LogP contribution >= 0.6 is 11.8 Å². The normalized spacial score (nSPS) is 13.8. The largest absolute Gasteiger partial charge is 0.335 e. The fourth-order valence-corrected chi connectivity index (χ4v) is 3.26. The van der Waals surface area contributed by atoms with Gasteiger partial charge in [-0.1, -0.05) is 17.7 Å². The number of anilines is 3. The monoisotopic (exact) mass is 426 g/mol. The predicted molar refractivity (Wildman–Crippen MR) is 122 cm³/mol. The first-order valence-corrected chi connectivity index (χ1v) is 10.9. The Morgan fingerprint density at radius 3 is 2.03 bits per heavy atom. The van der Waals surface area contributed by atoms with Crippen molar-refractivity contribution in [3.63, 3.8) is 0 Å². The summed E-state index contributed by atoms with van der Waals surface area (Å²) in [6.07, 6.45) is 2.06. The Labute approximate surface area is 180 Å². The van der Waals surface area contributed by atoms with E-state index in [0.717, 1.165) is 24.1 Å². The highest BCUT2D eigenvalue weighted by molar-refractivity contribution is 8.01. The van der Waals surface area contributed by atoms with E-state index >= 15 is 0 Å². The first-order valence-electron chi connectivity index (χ1n) is 9.85. The van der Waals surface area contributed by atoms with Crippen molar-refractivity contribution >= 4 is 46.7 Å². The lowest BCUT2D eigenvalue weighted by molar-refractivity contribution is -0.115. The van der Waals surface area contributed by atoms with Gasteiger partial charge in [0.1, 0.15) is 0 Å². The van der Waals surface area contributed by atoms with E-state index in [0.29, 0.717) is 17.4 Å². The van der Waals surface area contributed by atoms with Gasteiger partial charge in [0.05, 0.1) is 11.0 Å². The Kier molecular flexibility index (Phi) is 7.35. The van der Waals surface area contributed by atoms with Crippen LogP contribution in [0.2, 0.25) is 0 Å². The molecule has 1 aliphatic rings. The highest BCUT2D eigenvalue weighted by atomic mass is 32.2. The molecule has 30 heavy (non-hydrogen) atoms. The van der Waals surface area contributed by atoms with Gasteiger partial charge in [0.15, 0.2) is 0 Å². The van der Waals surface area contributed by atoms with Crippen molar-refractivity contribution in [2.45, 2.75) is 38.0 Å². The van der Waals surface area contributed by atoms with Gasteiger partial charge in [-0.25, -0.2) is 4.79 Å². The van der Waals surface area contributed by atoms with Gasteiger partial charge in [0, 0.05) is 23.1 Å². The number of urea groups is 1. The molecule has 1 atom stereocenters. The third kappa shape index (κ3) is 7.11. The molecule has 4 amide bonds. The van der Waals surface area contributed by atoms with Gasteiger partial charge in [0.2, 0.25) is 11.8 Å². The fourth-order valence-electron chi connectivity index (χ4n) is 2.57. The van der Waals surface area contributed by atoms with Crippen molar-refractivity contribution in [2.24, 2.45) is 0 Å². The summed E-state index contributed by atoms with van der Waals surface area (Å²) in [7, 11) is 0. The highest BCUT2D eigenvalue weighted by Crippen LogP contribution is 2.20. The van der Waals surface area contributed by atoms with E-state index < -0.39 is 5.25 Å². The summed E-state index contributed by atoms with van der Waals surface area (Å²) in [5.74, 6) is -0.153. The number of hydrogen-bond donors (Lipinski definition) is 4. The van der Waals surface area contributed by atoms with Crippen LogP contribution in [0.1, 0.15) is 25.3 Å². The lowest BCUT2D eigenvalue weighted by Crippen LogP contribution is -2.30. The molecule has 1 saturated carbocycles. The maximum atomic E-state index is 12.4. The molecule has 0 aliphatic heterocycles. The summed E-state index contributed by atoms with van der Waals surface area (Å²) >= 11 is 1.27. The average molecular weight is 427 g/mol. The molecule has 0 bridgehead atoms. The number of hydrogen-bond acceptors (Lipinski definition) is 4. The highest BCUT2D eigenvalue weighted by Gasteiger charge is 2.23. The van der Waals surface area contributed by atoms with Crippen LogP contribution in [-0.2, 0) is 9.59 Å². The van der Waals surface area contributed by atoms with Crippen LogP contribution in [0.3, 0.4) is 0 Å². The minimum atomic E-state index is -0.393. The van der Waals surface area contributed by atoms with Crippen molar-refractivity contribution in [1.82, 2.24) is 5.32 Å². The molecule has 3 rings (SSSR count). The Morgan fingerprint density at radius 2 is 1.43 bits per heavy atom. The number of amides is 4. The van der Waals surface area contributed by atoms with Crippen LogP contribution in [0, 0.1) is 6.92 Å². The van der Waals surface area contributed by atoms with Crippen molar-refractivity contribution in [3.8, 4) is 0 Å². The van der Waals surface area contributed by atoms with Crippen molar-refractivity contribution < 1.29 is 14.4 Å². The van der Waals surface area contributed by atoms with Crippen LogP contribution in [0.5, 0.6) is 0 Å². The maximum absolute atomic E-state index is 12.4. The SMILES string of the molecule is Cc1ccc(NC(=O)CSC(C)C(=O)Nc2ccc(NC(=O)NC3CC3)cc2)cc1. The zero-order valence-corrected chi connectivity index (χ0v) is 17.8. The molecule has 0 spiro atoms. The molecule has 1 unspecified atom stereocenters. The predicted octanol–water partition coefficient (Wildman–Crippen LogP) is 3.98. The Morgan fingerprint density at radius 1 is 0.900 bits per heavy atom. The molecule has 1 fully saturated rings. The van der Waals surface area contributed by atoms with E-state index in [-0.39, 0.29) is 23.6 Å². The topological polar surface area (TPSA) is 99.3 Å². The molecule has 1 aliphatic carbocycles. The third-order valence-electron chi connectivity index (χ3n) is 4.49. The quantitative estimate of drug-likeness (QED) is 0.513. The van der Waals surface area contributed by atoms with Crippen LogP contribution in [0.25, 0.3) is 0 Å². The molecule has 0 heterocycles. The second-order valence-electron chi connectivity index (χ2n) is 7.31. The molecular formula is C22H26N4O3S. The van der Waals surface area contributed by atoms with Gasteiger partial charge >= 0.3 is 6.03 Å². The molecule has 2 aromatic rings. The summed E-state index contributed by atoms with van der Waals surface area (Å²) in [6.45, 7) is 3.75. The summed E-state index contributed by atoms with van der Waals surface area (Å²) < 4.78 is 0. The maximum Gasteiger partial charge on any atom is 0.319 e. The average Bonchev–Trinajstić information content (AvgIpc) is 3.53. The second-order valence-corrected chi connectivity index (χ2v) is 8.64. The van der Waals surface area contributed by atoms with Crippen LogP contribution < -0.4 is 21.3 Å². The van der Waals surface area contributed by atoms with Gasteiger partial charge < -0.3 is 21.3 Å². The molecule has 0 radical (unpaired) electrons. The zero-order valence-electron chi connectivity index (χ0n) is 17.0. The number of benzene rings is 2. The number of rotatable bonds is 8. The fraction of sp³-hybridized carbons (Fsp3) is 0.318. The smallest absolute Gasteiger partial charge is 0.319 e. The van der Waals surface area contributed by atoms with Crippen molar-refractivity contribution in [3.05, 3.63) is 54.1 Å². The number of nitrogens with one attached hydrogen (secondary N) is 4. The van der Waals surface area contributed by atoms with Gasteiger partial charge in [-0.15, -0.1) is 11.8 Å². The first-order chi connectivity index (χ1) is 14.4. The molecule has 8 heteroatoms. The Balaban J connectivity index is 1.40. The van der Waals surface area contributed by atoms with Crippen molar-refractivity contribution in [2.75, 3.05) is 21.7 Å². The molecule has 2 aromatic carbocycles. The second kappa shape index (κ2) is 10.2. The first kappa shape index (κ1) is 21.7. The van der Waals surface area contributed by atoms with E-state index in [1.807, 2.05) is 31.2 Å². The summed E-state index contributed by atoms with van der Waals surface area (Å²) in [4.78, 5) is 36.2. The van der Waals surface area contributed by atoms with Gasteiger partial charge in [-0.2, -0.15) is 0 Å². The number of carbonyl (C=O) groups is 3. The standard InChI is InChI=1S/C22H26N4O3S/c1-14-3-5-16(6-4-14)23-20(27)13-30-15(2)21(28)24-17-7-9-18(10-8-17)25-22(29)26-19-11-12-19/h3-10,15,19H,11-13H2,1-2H3,(H,23,27)(H,24,28)(H2,25,26,29). The lowest BCUT2D eigenvalue weighted by atomic mass is 10.2. The van der Waals surface area contributed by atoms with E-state index in [9.17, 15) is 14.4 Å². The molecule has 4 N–H and O–H groups in total. The summed E-state index contributed by atoms with van der Waals surface area (Å²) in [6, 6.07) is 14.6. The Hall–Kier alpha value is -3.00. The molecule has 7 nitrogen and oxygen atoms in total. The molecule has 0 aromatic heterocycles. The number of carbonyl (C=O) groups excluding carboxylic acids is 3. The lowest BCUT2D eigenvalue weighted by Gasteiger charge is -2.13. The number of aryl methyl sites for hydroxylation is 1. The minimum absolute atomic E-state index is 0.150. The third-order valence-corrected chi connectivity index (χ3v) is 5.63. The molecule has 0 saturated heterocycles. The number of thioether (sulfide) groups is 1. The zero-order chi connectivity index (χ0) is 21.5. The van der Waals surface area contributed by atoms with Gasteiger partial charge in [-0.05, 0) is 63.1 Å². The molecular weight excluding hydrogens is 400 g/mol. The van der Waals surface area contributed by atoms with Gasteiger partial charge in [0.25, 0.3) is 0 Å². The Bertz CT molecular complexity index is 896. The van der Waals surface area contributed by atoms with E-state index in [4.69, 9.17) is 0 Å². The van der Waals surface area contributed by atoms with Crippen molar-refractivity contribution in [1.29, 1.82) is 0 Å². The molecule has 158 valence electrons. The van der Waals surface area contributed by atoms with Crippen LogP contribution in [0.15, 0.2) is 48.5 Å². The van der Waals surface area contributed by atoms with Crippen LogP contribution in [-0.4, -0.2) is 34.9 Å². The van der Waals surface area contributed by atoms with Crippen LogP contribution in [0.4, 0.5) is 21.9 Å². The van der Waals surface area contributed by atoms with E-state index in [2.05, 4.69) is 21.3 Å².